The van der Waals surface area contributed by atoms with Gasteiger partial charge in [-0.2, -0.15) is 8.78 Å². The number of amides is 1. The Morgan fingerprint density at radius 1 is 1.37 bits per heavy atom. The van der Waals surface area contributed by atoms with Crippen LogP contribution in [0.1, 0.15) is 19.3 Å². The zero-order valence-electron chi connectivity index (χ0n) is 10.4. The van der Waals surface area contributed by atoms with Crippen LogP contribution in [0.5, 0.6) is 0 Å². The first-order valence-electron chi connectivity index (χ1n) is 6.22. The summed E-state index contributed by atoms with van der Waals surface area (Å²) in [7, 11) is 0. The van der Waals surface area contributed by atoms with Crippen LogP contribution in [0, 0.1) is 0 Å². The highest BCUT2D eigenvalue weighted by molar-refractivity contribution is 7.99. The Balaban J connectivity index is 1.79. The van der Waals surface area contributed by atoms with Gasteiger partial charge >= 0.3 is 0 Å². The summed E-state index contributed by atoms with van der Waals surface area (Å²) in [6, 6.07) is 7.24. The second-order valence-corrected chi connectivity index (χ2v) is 5.43. The number of nitrogens with one attached hydrogen (secondary N) is 2. The predicted octanol–water partition coefficient (Wildman–Crippen LogP) is 3.08. The minimum atomic E-state index is -2.44. The average Bonchev–Trinajstić information content (AvgIpc) is 3.14. The van der Waals surface area contributed by atoms with Gasteiger partial charge in [0.1, 0.15) is 0 Å². The first-order chi connectivity index (χ1) is 9.15. The molecule has 19 heavy (non-hydrogen) atoms. The summed E-state index contributed by atoms with van der Waals surface area (Å²) < 4.78 is 24.7. The predicted molar refractivity (Wildman–Crippen MR) is 72.6 cm³/mol. The molecule has 0 atom stereocenters. The van der Waals surface area contributed by atoms with Gasteiger partial charge in [0.25, 0.3) is 5.76 Å². The molecule has 1 amide bonds. The third kappa shape index (κ3) is 5.06. The van der Waals surface area contributed by atoms with Crippen molar-refractivity contribution in [1.82, 2.24) is 5.32 Å². The standard InChI is InChI=1S/C13H16F2N2OS/c14-13(15)19-11-4-2-1-3-10(11)16-8-7-12(18)17-9-5-6-9/h1-4,9,13,16H,5-8H2,(H,17,18). The summed E-state index contributed by atoms with van der Waals surface area (Å²) in [4.78, 5) is 12.0. The molecule has 1 aromatic rings. The van der Waals surface area contributed by atoms with Gasteiger partial charge in [0.15, 0.2) is 0 Å². The van der Waals surface area contributed by atoms with E-state index in [1.54, 1.807) is 24.3 Å². The average molecular weight is 286 g/mol. The number of hydrogen-bond donors (Lipinski definition) is 2. The Morgan fingerprint density at radius 2 is 2.11 bits per heavy atom. The maximum atomic E-state index is 12.4. The number of benzene rings is 1. The summed E-state index contributed by atoms with van der Waals surface area (Å²) in [5.41, 5.74) is 0.645. The molecule has 0 heterocycles. The van der Waals surface area contributed by atoms with Gasteiger partial charge in [-0.1, -0.05) is 23.9 Å². The highest BCUT2D eigenvalue weighted by atomic mass is 32.2. The Morgan fingerprint density at radius 3 is 2.79 bits per heavy atom. The third-order valence-corrected chi connectivity index (χ3v) is 3.50. The maximum absolute atomic E-state index is 12.4. The van der Waals surface area contributed by atoms with Crippen LogP contribution in [0.3, 0.4) is 0 Å². The molecule has 0 aliphatic heterocycles. The fraction of sp³-hybridized carbons (Fsp3) is 0.462. The third-order valence-electron chi connectivity index (χ3n) is 2.71. The molecule has 6 heteroatoms. The molecule has 1 fully saturated rings. The van der Waals surface area contributed by atoms with Gasteiger partial charge in [0.05, 0.1) is 0 Å². The molecule has 0 spiro atoms. The van der Waals surface area contributed by atoms with Crippen LogP contribution >= 0.6 is 11.8 Å². The number of anilines is 1. The highest BCUT2D eigenvalue weighted by Gasteiger charge is 2.22. The number of alkyl halides is 2. The first kappa shape index (κ1) is 14.1. The Bertz CT molecular complexity index is 438. The van der Waals surface area contributed by atoms with Crippen LogP contribution < -0.4 is 10.6 Å². The second kappa shape index (κ2) is 6.75. The van der Waals surface area contributed by atoms with Gasteiger partial charge in [-0.3, -0.25) is 4.79 Å². The molecular weight excluding hydrogens is 270 g/mol. The number of carbonyl (C=O) groups excluding carboxylic acids is 1. The van der Waals surface area contributed by atoms with E-state index in [4.69, 9.17) is 0 Å². The van der Waals surface area contributed by atoms with Crippen molar-refractivity contribution in [2.45, 2.75) is 36.0 Å². The van der Waals surface area contributed by atoms with Crippen LogP contribution in [0.2, 0.25) is 0 Å². The zero-order valence-corrected chi connectivity index (χ0v) is 11.2. The molecule has 0 bridgehead atoms. The lowest BCUT2D eigenvalue weighted by atomic mass is 10.3. The van der Waals surface area contributed by atoms with Crippen molar-refractivity contribution in [2.24, 2.45) is 0 Å². The van der Waals surface area contributed by atoms with Gasteiger partial charge in [-0.15, -0.1) is 0 Å². The van der Waals surface area contributed by atoms with Crippen LogP contribution in [-0.4, -0.2) is 24.3 Å². The normalized spacial score (nSPS) is 14.5. The summed E-state index contributed by atoms with van der Waals surface area (Å²) in [5, 5.41) is 5.91. The van der Waals surface area contributed by atoms with Gasteiger partial charge in [0.2, 0.25) is 5.91 Å². The van der Waals surface area contributed by atoms with E-state index in [1.807, 2.05) is 0 Å². The topological polar surface area (TPSA) is 41.1 Å². The molecule has 0 unspecified atom stereocenters. The van der Waals surface area contributed by atoms with Crippen molar-refractivity contribution in [3.8, 4) is 0 Å². The highest BCUT2D eigenvalue weighted by Crippen LogP contribution is 2.31. The number of hydrogen-bond acceptors (Lipinski definition) is 3. The van der Waals surface area contributed by atoms with E-state index in [0.29, 0.717) is 41.4 Å². The second-order valence-electron chi connectivity index (χ2n) is 4.39. The van der Waals surface area contributed by atoms with Crippen molar-refractivity contribution < 1.29 is 13.6 Å². The molecule has 1 aromatic carbocycles. The largest absolute Gasteiger partial charge is 0.384 e. The summed E-state index contributed by atoms with van der Waals surface area (Å²) in [6.07, 6.45) is 2.48. The van der Waals surface area contributed by atoms with E-state index in [0.717, 1.165) is 12.8 Å². The molecule has 3 nitrogen and oxygen atoms in total. The molecule has 1 saturated carbocycles. The molecule has 0 aromatic heterocycles. The molecule has 1 aliphatic rings. The Hall–Kier alpha value is -1.30. The molecule has 0 saturated heterocycles. The number of thioether (sulfide) groups is 1. The number of para-hydroxylation sites is 1. The van der Waals surface area contributed by atoms with Gasteiger partial charge in [-0.25, -0.2) is 0 Å². The van der Waals surface area contributed by atoms with Crippen molar-refractivity contribution in [2.75, 3.05) is 11.9 Å². The lowest BCUT2D eigenvalue weighted by Crippen LogP contribution is -2.27. The van der Waals surface area contributed by atoms with E-state index in [9.17, 15) is 13.6 Å². The van der Waals surface area contributed by atoms with Crippen LogP contribution in [0.15, 0.2) is 29.2 Å². The number of halogens is 2. The zero-order chi connectivity index (χ0) is 13.7. The molecule has 0 radical (unpaired) electrons. The molecular formula is C13H16F2N2OS. The number of rotatable bonds is 7. The molecule has 2 rings (SSSR count). The summed E-state index contributed by atoms with van der Waals surface area (Å²) in [6.45, 7) is 0.444. The lowest BCUT2D eigenvalue weighted by Gasteiger charge is -2.11. The summed E-state index contributed by atoms with van der Waals surface area (Å²) in [5.74, 6) is -2.44. The van der Waals surface area contributed by atoms with Crippen LogP contribution in [0.4, 0.5) is 14.5 Å². The van der Waals surface area contributed by atoms with Crippen molar-refractivity contribution in [3.05, 3.63) is 24.3 Å². The van der Waals surface area contributed by atoms with E-state index in [2.05, 4.69) is 10.6 Å². The fourth-order valence-corrected chi connectivity index (χ4v) is 2.27. The van der Waals surface area contributed by atoms with Gasteiger partial charge in [0, 0.05) is 29.6 Å². The van der Waals surface area contributed by atoms with E-state index in [-0.39, 0.29) is 5.91 Å². The minimum Gasteiger partial charge on any atom is -0.384 e. The lowest BCUT2D eigenvalue weighted by molar-refractivity contribution is -0.120. The first-order valence-corrected chi connectivity index (χ1v) is 7.10. The van der Waals surface area contributed by atoms with E-state index in [1.165, 1.54) is 0 Å². The smallest absolute Gasteiger partial charge is 0.288 e. The van der Waals surface area contributed by atoms with E-state index < -0.39 is 5.76 Å². The van der Waals surface area contributed by atoms with Gasteiger partial charge < -0.3 is 10.6 Å². The number of carbonyl (C=O) groups is 1. The van der Waals surface area contributed by atoms with Crippen LogP contribution in [0.25, 0.3) is 0 Å². The van der Waals surface area contributed by atoms with Crippen molar-refractivity contribution >= 4 is 23.4 Å². The van der Waals surface area contributed by atoms with Crippen molar-refractivity contribution in [3.63, 3.8) is 0 Å². The molecule has 1 aliphatic carbocycles. The van der Waals surface area contributed by atoms with Gasteiger partial charge in [-0.05, 0) is 25.0 Å². The van der Waals surface area contributed by atoms with Crippen molar-refractivity contribution in [1.29, 1.82) is 0 Å². The Labute approximate surface area is 115 Å². The monoisotopic (exact) mass is 286 g/mol. The maximum Gasteiger partial charge on any atom is 0.288 e. The SMILES string of the molecule is O=C(CCNc1ccccc1SC(F)F)NC1CC1. The Kier molecular flexibility index (Phi) is 5.01. The van der Waals surface area contributed by atoms with Crippen LogP contribution in [-0.2, 0) is 4.79 Å². The minimum absolute atomic E-state index is 0.00833. The summed E-state index contributed by atoms with van der Waals surface area (Å²) >= 11 is 0.508. The quantitative estimate of drug-likeness (QED) is 0.757. The molecule has 2 N–H and O–H groups in total. The fourth-order valence-electron chi connectivity index (χ4n) is 1.65. The molecule has 104 valence electrons. The van der Waals surface area contributed by atoms with E-state index >= 15 is 0 Å².